The zero-order chi connectivity index (χ0) is 19.1. The third-order valence-electron chi connectivity index (χ3n) is 4.25. The Labute approximate surface area is 154 Å². The van der Waals surface area contributed by atoms with Gasteiger partial charge in [0, 0.05) is 18.2 Å². The highest BCUT2D eigenvalue weighted by Gasteiger charge is 2.15. The Kier molecular flexibility index (Phi) is 6.81. The maximum Gasteiger partial charge on any atom is 0.251 e. The van der Waals surface area contributed by atoms with Crippen LogP contribution in [0.15, 0.2) is 49.1 Å². The number of phenolic OH excluding ortho intramolecular Hbond substituents is 1. The molecule has 138 valence electrons. The molecule has 26 heavy (non-hydrogen) atoms. The van der Waals surface area contributed by atoms with Crippen molar-refractivity contribution in [3.05, 3.63) is 71.3 Å². The van der Waals surface area contributed by atoms with Crippen LogP contribution < -0.4 is 15.0 Å². The van der Waals surface area contributed by atoms with Gasteiger partial charge in [-0.15, -0.1) is 6.58 Å². The van der Waals surface area contributed by atoms with Crippen LogP contribution in [0.1, 0.15) is 27.0 Å². The fourth-order valence-corrected chi connectivity index (χ4v) is 2.96. The van der Waals surface area contributed by atoms with Crippen molar-refractivity contribution in [2.24, 2.45) is 0 Å². The normalized spacial score (nSPS) is 11.7. The minimum Gasteiger partial charge on any atom is -0.504 e. The number of nitrogens with one attached hydrogen (secondary N) is 2. The topological polar surface area (TPSA) is 63.0 Å². The minimum absolute atomic E-state index is 0.0895. The van der Waals surface area contributed by atoms with E-state index in [0.29, 0.717) is 17.9 Å². The molecule has 0 saturated heterocycles. The Morgan fingerprint density at radius 3 is 2.50 bits per heavy atom. The number of amides is 1. The minimum atomic E-state index is -0.0895. The van der Waals surface area contributed by atoms with Gasteiger partial charge in [0.2, 0.25) is 0 Å². The summed E-state index contributed by atoms with van der Waals surface area (Å²) in [5.41, 5.74) is 3.69. The van der Waals surface area contributed by atoms with E-state index in [0.717, 1.165) is 29.7 Å². The molecule has 5 heteroatoms. The highest BCUT2D eigenvalue weighted by Crippen LogP contribution is 2.31. The molecule has 1 amide bonds. The molecule has 0 radical (unpaired) electrons. The molecule has 0 aromatic heterocycles. The largest absolute Gasteiger partial charge is 0.504 e. The quantitative estimate of drug-likeness (QED) is 0.632. The molecule has 0 spiro atoms. The number of allylic oxidation sites excluding steroid dienone is 1. The van der Waals surface area contributed by atoms with Crippen LogP contribution in [0.4, 0.5) is 0 Å². The number of phenols is 1. The average Bonchev–Trinajstić information content (AvgIpc) is 2.64. The maximum atomic E-state index is 11.6. The van der Waals surface area contributed by atoms with Gasteiger partial charge in [0.15, 0.2) is 11.5 Å². The molecular weight excluding hydrogens is 328 g/mol. The fraction of sp³-hybridized carbons (Fsp3) is 0.286. The van der Waals surface area contributed by atoms with E-state index in [9.17, 15) is 9.90 Å². The molecule has 2 aromatic carbocycles. The second-order valence-electron chi connectivity index (χ2n) is 6.39. The van der Waals surface area contributed by atoms with E-state index in [-0.39, 0.29) is 11.7 Å². The molecular formula is C21H27N2O3+. The van der Waals surface area contributed by atoms with Crippen LogP contribution in [0.3, 0.4) is 0 Å². The predicted molar refractivity (Wildman–Crippen MR) is 103 cm³/mol. The summed E-state index contributed by atoms with van der Waals surface area (Å²) in [5.74, 6) is 0.588. The van der Waals surface area contributed by atoms with Crippen LogP contribution in [-0.4, -0.2) is 32.2 Å². The van der Waals surface area contributed by atoms with Crippen molar-refractivity contribution in [1.29, 1.82) is 0 Å². The Morgan fingerprint density at radius 2 is 1.92 bits per heavy atom. The van der Waals surface area contributed by atoms with Gasteiger partial charge in [-0.3, -0.25) is 4.79 Å². The molecule has 2 rings (SSSR count). The van der Waals surface area contributed by atoms with Gasteiger partial charge in [0.1, 0.15) is 13.1 Å². The van der Waals surface area contributed by atoms with Gasteiger partial charge in [-0.05, 0) is 36.2 Å². The van der Waals surface area contributed by atoms with E-state index in [1.807, 2.05) is 42.5 Å². The van der Waals surface area contributed by atoms with E-state index in [1.165, 1.54) is 4.90 Å². The molecule has 0 aliphatic rings. The van der Waals surface area contributed by atoms with Crippen LogP contribution in [0, 0.1) is 0 Å². The average molecular weight is 355 g/mol. The van der Waals surface area contributed by atoms with Crippen molar-refractivity contribution in [2.75, 3.05) is 21.2 Å². The van der Waals surface area contributed by atoms with Gasteiger partial charge in [0.05, 0.1) is 19.7 Å². The van der Waals surface area contributed by atoms with Crippen LogP contribution >= 0.6 is 0 Å². The van der Waals surface area contributed by atoms with Crippen LogP contribution in [0.25, 0.3) is 0 Å². The molecule has 0 fully saturated rings. The molecule has 0 saturated carbocycles. The molecule has 2 aromatic rings. The standard InChI is InChI=1S/C21H26N2O3/c1-5-6-16-11-18(20(24)19(12-16)26-4)14-23(3)13-15-7-9-17(10-8-15)21(25)22-2/h5,7-12,24H,1,6,13-14H2,2-4H3,(H,22,25)/p+1. The monoisotopic (exact) mass is 355 g/mol. The number of hydrogen-bond acceptors (Lipinski definition) is 3. The van der Waals surface area contributed by atoms with Crippen molar-refractivity contribution < 1.29 is 19.5 Å². The summed E-state index contributed by atoms with van der Waals surface area (Å²) >= 11 is 0. The number of methoxy groups -OCH3 is 1. The number of carbonyl (C=O) groups excluding carboxylic acids is 1. The number of quaternary nitrogens is 1. The number of aromatic hydroxyl groups is 1. The number of benzene rings is 2. The maximum absolute atomic E-state index is 11.6. The molecule has 0 aliphatic heterocycles. The lowest BCUT2D eigenvalue weighted by atomic mass is 10.0. The summed E-state index contributed by atoms with van der Waals surface area (Å²) in [4.78, 5) is 12.8. The van der Waals surface area contributed by atoms with Gasteiger partial charge in [0.25, 0.3) is 5.91 Å². The lowest BCUT2D eigenvalue weighted by Gasteiger charge is -2.17. The summed E-state index contributed by atoms with van der Waals surface area (Å²) in [6.07, 6.45) is 2.56. The summed E-state index contributed by atoms with van der Waals surface area (Å²) < 4.78 is 5.29. The summed E-state index contributed by atoms with van der Waals surface area (Å²) in [6, 6.07) is 11.4. The smallest absolute Gasteiger partial charge is 0.251 e. The second-order valence-corrected chi connectivity index (χ2v) is 6.39. The Balaban J connectivity index is 2.11. The van der Waals surface area contributed by atoms with Crippen LogP contribution in [-0.2, 0) is 19.5 Å². The van der Waals surface area contributed by atoms with Gasteiger partial charge in [-0.25, -0.2) is 0 Å². The van der Waals surface area contributed by atoms with Crippen molar-refractivity contribution in [1.82, 2.24) is 5.32 Å². The molecule has 0 aliphatic carbocycles. The molecule has 1 unspecified atom stereocenters. The molecule has 0 heterocycles. The van der Waals surface area contributed by atoms with E-state index >= 15 is 0 Å². The zero-order valence-electron chi connectivity index (χ0n) is 15.6. The van der Waals surface area contributed by atoms with Crippen molar-refractivity contribution in [3.63, 3.8) is 0 Å². The van der Waals surface area contributed by atoms with Crippen molar-refractivity contribution in [2.45, 2.75) is 19.5 Å². The first kappa shape index (κ1) is 19.5. The number of carbonyl (C=O) groups is 1. The highest BCUT2D eigenvalue weighted by molar-refractivity contribution is 5.93. The summed E-state index contributed by atoms with van der Waals surface area (Å²) in [7, 11) is 5.25. The highest BCUT2D eigenvalue weighted by atomic mass is 16.5. The SMILES string of the molecule is C=CCc1cc(C[NH+](C)Cc2ccc(C(=O)NC)cc2)c(O)c(OC)c1. The molecule has 3 N–H and O–H groups in total. The Hall–Kier alpha value is -2.79. The number of ether oxygens (including phenoxy) is 1. The first-order chi connectivity index (χ1) is 12.5. The van der Waals surface area contributed by atoms with E-state index in [2.05, 4.69) is 18.9 Å². The summed E-state index contributed by atoms with van der Waals surface area (Å²) in [6.45, 7) is 5.21. The van der Waals surface area contributed by atoms with E-state index < -0.39 is 0 Å². The van der Waals surface area contributed by atoms with Gasteiger partial charge in [-0.1, -0.05) is 18.2 Å². The Morgan fingerprint density at radius 1 is 1.23 bits per heavy atom. The van der Waals surface area contributed by atoms with Gasteiger partial charge < -0.3 is 20.1 Å². The molecule has 1 atom stereocenters. The molecule has 0 bridgehead atoms. The Bertz CT molecular complexity index is 770. The lowest BCUT2D eigenvalue weighted by molar-refractivity contribution is -0.907. The van der Waals surface area contributed by atoms with Gasteiger partial charge >= 0.3 is 0 Å². The van der Waals surface area contributed by atoms with Crippen molar-refractivity contribution in [3.8, 4) is 11.5 Å². The lowest BCUT2D eigenvalue weighted by Crippen LogP contribution is -3.06. The number of rotatable bonds is 8. The third-order valence-corrected chi connectivity index (χ3v) is 4.25. The predicted octanol–water partition coefficient (Wildman–Crippen LogP) is 1.70. The summed E-state index contributed by atoms with van der Waals surface area (Å²) in [5, 5.41) is 13.0. The first-order valence-electron chi connectivity index (χ1n) is 8.60. The number of hydrogen-bond donors (Lipinski definition) is 3. The third kappa shape index (κ3) is 4.86. The molecule has 5 nitrogen and oxygen atoms in total. The fourth-order valence-electron chi connectivity index (χ4n) is 2.96. The van der Waals surface area contributed by atoms with Crippen LogP contribution in [0.2, 0.25) is 0 Å². The second kappa shape index (κ2) is 9.06. The van der Waals surface area contributed by atoms with Crippen molar-refractivity contribution >= 4 is 5.91 Å². The van der Waals surface area contributed by atoms with Gasteiger partial charge in [-0.2, -0.15) is 0 Å². The van der Waals surface area contributed by atoms with E-state index in [4.69, 9.17) is 4.74 Å². The van der Waals surface area contributed by atoms with Crippen LogP contribution in [0.5, 0.6) is 11.5 Å². The zero-order valence-corrected chi connectivity index (χ0v) is 15.6. The van der Waals surface area contributed by atoms with E-state index in [1.54, 1.807) is 14.2 Å². The first-order valence-corrected chi connectivity index (χ1v) is 8.60.